The molecule has 2 saturated heterocycles. The molecule has 2 fully saturated rings. The second-order valence-corrected chi connectivity index (χ2v) is 5.68. The van der Waals surface area contributed by atoms with E-state index in [4.69, 9.17) is 9.47 Å². The van der Waals surface area contributed by atoms with Crippen LogP contribution >= 0.6 is 0 Å². The lowest BCUT2D eigenvalue weighted by molar-refractivity contribution is 0.00571. The van der Waals surface area contributed by atoms with Crippen molar-refractivity contribution in [3.63, 3.8) is 0 Å². The highest BCUT2D eigenvalue weighted by Crippen LogP contribution is 2.33. The molecule has 4 heteroatoms. The number of nitrogens with zero attached hydrogens (tertiary/aromatic N) is 2. The number of hydrogen-bond acceptors (Lipinski definition) is 4. The van der Waals surface area contributed by atoms with Crippen LogP contribution in [0.25, 0.3) is 0 Å². The standard InChI is InChI=1S/C15H22N2O2/c1-11-8-13-10-17(7-5-14(13)19-11)9-12-4-3-6-16-15(12)18-2/h3-4,6,11,13-14H,5,7-10H2,1-2H3/t11-,13-,14-/m0/s1. The van der Waals surface area contributed by atoms with Gasteiger partial charge in [0.05, 0.1) is 19.3 Å². The van der Waals surface area contributed by atoms with Crippen LogP contribution in [-0.2, 0) is 11.3 Å². The van der Waals surface area contributed by atoms with Crippen LogP contribution in [0.4, 0.5) is 0 Å². The molecule has 0 unspecified atom stereocenters. The molecule has 0 amide bonds. The quantitative estimate of drug-likeness (QED) is 0.835. The Hall–Kier alpha value is -1.13. The summed E-state index contributed by atoms with van der Waals surface area (Å²) in [6.45, 7) is 5.35. The van der Waals surface area contributed by atoms with Gasteiger partial charge in [0.15, 0.2) is 0 Å². The third-order valence-electron chi connectivity index (χ3n) is 4.23. The van der Waals surface area contributed by atoms with E-state index in [1.54, 1.807) is 13.3 Å². The minimum absolute atomic E-state index is 0.433. The maximum absolute atomic E-state index is 5.94. The molecule has 3 rings (SSSR count). The maximum atomic E-state index is 5.94. The number of aromatic nitrogens is 1. The highest BCUT2D eigenvalue weighted by molar-refractivity contribution is 5.25. The van der Waals surface area contributed by atoms with Gasteiger partial charge in [0.25, 0.3) is 0 Å². The van der Waals surface area contributed by atoms with Gasteiger partial charge in [-0.25, -0.2) is 4.98 Å². The van der Waals surface area contributed by atoms with Gasteiger partial charge in [-0.05, 0) is 25.8 Å². The van der Waals surface area contributed by atoms with E-state index in [1.165, 1.54) is 12.0 Å². The summed E-state index contributed by atoms with van der Waals surface area (Å²) in [5.74, 6) is 1.45. The van der Waals surface area contributed by atoms with Gasteiger partial charge in [-0.3, -0.25) is 4.90 Å². The summed E-state index contributed by atoms with van der Waals surface area (Å²) in [6, 6.07) is 4.08. The Balaban J connectivity index is 1.65. The van der Waals surface area contributed by atoms with E-state index in [0.29, 0.717) is 18.1 Å². The number of piperidine rings is 1. The molecule has 3 heterocycles. The largest absolute Gasteiger partial charge is 0.481 e. The van der Waals surface area contributed by atoms with Crippen molar-refractivity contribution >= 4 is 0 Å². The fraction of sp³-hybridized carbons (Fsp3) is 0.667. The Labute approximate surface area is 114 Å². The molecule has 2 aliphatic heterocycles. The number of pyridine rings is 1. The molecule has 1 aromatic rings. The summed E-state index contributed by atoms with van der Waals surface area (Å²) >= 11 is 0. The van der Waals surface area contributed by atoms with Crippen molar-refractivity contribution in [2.45, 2.75) is 38.5 Å². The van der Waals surface area contributed by atoms with E-state index >= 15 is 0 Å². The zero-order chi connectivity index (χ0) is 13.2. The SMILES string of the molecule is COc1ncccc1CN1CC[C@@H]2O[C@@H](C)C[C@H]2C1. The Morgan fingerprint density at radius 2 is 2.42 bits per heavy atom. The van der Waals surface area contributed by atoms with Crippen LogP contribution in [-0.4, -0.2) is 42.3 Å². The fourth-order valence-corrected chi connectivity index (χ4v) is 3.38. The summed E-state index contributed by atoms with van der Waals surface area (Å²) in [5, 5.41) is 0. The number of fused-ring (bicyclic) bond motifs is 1. The van der Waals surface area contributed by atoms with Gasteiger partial charge in [0.1, 0.15) is 0 Å². The van der Waals surface area contributed by atoms with Gasteiger partial charge < -0.3 is 9.47 Å². The number of ether oxygens (including phenoxy) is 2. The summed E-state index contributed by atoms with van der Waals surface area (Å²) in [7, 11) is 1.69. The molecule has 3 atom stereocenters. The van der Waals surface area contributed by atoms with Crippen LogP contribution in [0, 0.1) is 5.92 Å². The van der Waals surface area contributed by atoms with Crippen molar-refractivity contribution in [2.75, 3.05) is 20.2 Å². The molecule has 0 aromatic carbocycles. The van der Waals surface area contributed by atoms with Crippen molar-refractivity contribution in [2.24, 2.45) is 5.92 Å². The van der Waals surface area contributed by atoms with Crippen molar-refractivity contribution < 1.29 is 9.47 Å². The first-order valence-corrected chi connectivity index (χ1v) is 7.12. The third-order valence-corrected chi connectivity index (χ3v) is 4.23. The van der Waals surface area contributed by atoms with E-state index in [0.717, 1.165) is 31.9 Å². The van der Waals surface area contributed by atoms with Crippen LogP contribution in [0.5, 0.6) is 5.88 Å². The number of likely N-dealkylation sites (tertiary alicyclic amines) is 1. The van der Waals surface area contributed by atoms with E-state index in [-0.39, 0.29) is 0 Å². The molecule has 1 aromatic heterocycles. The monoisotopic (exact) mass is 262 g/mol. The fourth-order valence-electron chi connectivity index (χ4n) is 3.38. The van der Waals surface area contributed by atoms with Gasteiger partial charge >= 0.3 is 0 Å². The Bertz CT molecular complexity index is 438. The topological polar surface area (TPSA) is 34.6 Å². The second-order valence-electron chi connectivity index (χ2n) is 5.68. The summed E-state index contributed by atoms with van der Waals surface area (Å²) < 4.78 is 11.3. The smallest absolute Gasteiger partial charge is 0.217 e. The molecule has 19 heavy (non-hydrogen) atoms. The molecule has 0 N–H and O–H groups in total. The molecule has 0 saturated carbocycles. The lowest BCUT2D eigenvalue weighted by Crippen LogP contribution is -2.40. The van der Waals surface area contributed by atoms with Crippen LogP contribution in [0.2, 0.25) is 0 Å². The van der Waals surface area contributed by atoms with E-state index in [9.17, 15) is 0 Å². The van der Waals surface area contributed by atoms with Gasteiger partial charge in [0.2, 0.25) is 5.88 Å². The predicted octanol–water partition coefficient (Wildman–Crippen LogP) is 2.09. The van der Waals surface area contributed by atoms with E-state index in [2.05, 4.69) is 22.9 Å². The van der Waals surface area contributed by atoms with Gasteiger partial charge in [-0.2, -0.15) is 0 Å². The predicted molar refractivity (Wildman–Crippen MR) is 73.1 cm³/mol. The molecular weight excluding hydrogens is 240 g/mol. The average Bonchev–Trinajstić information content (AvgIpc) is 2.79. The third kappa shape index (κ3) is 2.74. The Morgan fingerprint density at radius 1 is 1.53 bits per heavy atom. The van der Waals surface area contributed by atoms with Crippen molar-refractivity contribution in [1.29, 1.82) is 0 Å². The molecule has 0 spiro atoms. The molecule has 4 nitrogen and oxygen atoms in total. The van der Waals surface area contributed by atoms with Crippen molar-refractivity contribution in [3.8, 4) is 5.88 Å². The first-order chi connectivity index (χ1) is 9.26. The van der Waals surface area contributed by atoms with E-state index < -0.39 is 0 Å². The van der Waals surface area contributed by atoms with Crippen LogP contribution < -0.4 is 4.74 Å². The highest BCUT2D eigenvalue weighted by atomic mass is 16.5. The zero-order valence-corrected chi connectivity index (χ0v) is 11.7. The molecule has 0 aliphatic carbocycles. The first kappa shape index (κ1) is 12.9. The van der Waals surface area contributed by atoms with Crippen LogP contribution in [0.15, 0.2) is 18.3 Å². The minimum atomic E-state index is 0.433. The summed E-state index contributed by atoms with van der Waals surface area (Å²) in [5.41, 5.74) is 1.18. The Kier molecular flexibility index (Phi) is 3.71. The van der Waals surface area contributed by atoms with Gasteiger partial charge in [-0.15, -0.1) is 0 Å². The molecule has 104 valence electrons. The number of rotatable bonds is 3. The molecular formula is C15H22N2O2. The second kappa shape index (κ2) is 5.47. The average molecular weight is 262 g/mol. The number of methoxy groups -OCH3 is 1. The van der Waals surface area contributed by atoms with Crippen LogP contribution in [0.1, 0.15) is 25.3 Å². The highest BCUT2D eigenvalue weighted by Gasteiger charge is 2.37. The van der Waals surface area contributed by atoms with Crippen molar-refractivity contribution in [1.82, 2.24) is 9.88 Å². The summed E-state index contributed by atoms with van der Waals surface area (Å²) in [4.78, 5) is 6.77. The lowest BCUT2D eigenvalue weighted by Gasteiger charge is -2.34. The first-order valence-electron chi connectivity index (χ1n) is 7.12. The molecule has 2 aliphatic rings. The molecule has 0 radical (unpaired) electrons. The zero-order valence-electron chi connectivity index (χ0n) is 11.7. The maximum Gasteiger partial charge on any atom is 0.217 e. The number of hydrogen-bond donors (Lipinski definition) is 0. The van der Waals surface area contributed by atoms with E-state index in [1.807, 2.05) is 6.07 Å². The minimum Gasteiger partial charge on any atom is -0.481 e. The summed E-state index contributed by atoms with van der Waals surface area (Å²) in [6.07, 6.45) is 5.05. The lowest BCUT2D eigenvalue weighted by atomic mass is 9.93. The Morgan fingerprint density at radius 3 is 3.26 bits per heavy atom. The van der Waals surface area contributed by atoms with Crippen LogP contribution in [0.3, 0.4) is 0 Å². The van der Waals surface area contributed by atoms with Crippen molar-refractivity contribution in [3.05, 3.63) is 23.9 Å². The molecule has 0 bridgehead atoms. The normalized spacial score (nSPS) is 31.2. The van der Waals surface area contributed by atoms with Gasteiger partial charge in [0, 0.05) is 37.3 Å². The van der Waals surface area contributed by atoms with Gasteiger partial charge in [-0.1, -0.05) is 6.07 Å².